The minimum absolute atomic E-state index is 0.107. The average Bonchev–Trinajstić information content (AvgIpc) is 2.54. The molecule has 114 valence electrons. The fourth-order valence-corrected chi connectivity index (χ4v) is 2.15. The van der Waals surface area contributed by atoms with Crippen LogP contribution in [0.15, 0.2) is 48.8 Å². The van der Waals surface area contributed by atoms with Crippen molar-refractivity contribution in [1.29, 1.82) is 0 Å². The van der Waals surface area contributed by atoms with Gasteiger partial charge in [0, 0.05) is 11.1 Å². The third-order valence-electron chi connectivity index (χ3n) is 3.18. The number of carbonyl (C=O) groups is 2. The van der Waals surface area contributed by atoms with Gasteiger partial charge in [-0.25, -0.2) is 4.79 Å². The van der Waals surface area contributed by atoms with Crippen LogP contribution in [0.1, 0.15) is 21.5 Å². The first-order valence-corrected chi connectivity index (χ1v) is 6.84. The highest BCUT2D eigenvalue weighted by atomic mass is 16.5. The molecule has 22 heavy (non-hydrogen) atoms. The number of hydrogen-bond donors (Lipinski definition) is 0. The monoisotopic (exact) mass is 300 g/mol. The van der Waals surface area contributed by atoms with E-state index in [-0.39, 0.29) is 12.4 Å². The van der Waals surface area contributed by atoms with Crippen molar-refractivity contribution in [1.82, 2.24) is 0 Å². The molecule has 0 aliphatic heterocycles. The standard InChI is InChI=1S/C17H18NO4/c1-21-16(19)9-14-8-15(17(20)22-2)12-18(11-14)10-13-6-4-3-5-7-13/h3-8,11-12H,9-10H2,1-2H3/q+1. The Morgan fingerprint density at radius 2 is 1.73 bits per heavy atom. The highest BCUT2D eigenvalue weighted by molar-refractivity contribution is 5.89. The Bertz CT molecular complexity index is 668. The quantitative estimate of drug-likeness (QED) is 0.620. The van der Waals surface area contributed by atoms with E-state index in [1.165, 1.54) is 14.2 Å². The van der Waals surface area contributed by atoms with Gasteiger partial charge in [-0.1, -0.05) is 30.3 Å². The van der Waals surface area contributed by atoms with Gasteiger partial charge >= 0.3 is 11.9 Å². The van der Waals surface area contributed by atoms with Crippen molar-refractivity contribution < 1.29 is 23.6 Å². The number of esters is 2. The number of nitrogens with zero attached hydrogens (tertiary/aromatic N) is 1. The molecule has 0 N–H and O–H groups in total. The molecule has 0 spiro atoms. The molecule has 1 aromatic carbocycles. The van der Waals surface area contributed by atoms with E-state index in [0.717, 1.165) is 5.56 Å². The van der Waals surface area contributed by atoms with Crippen molar-refractivity contribution in [2.45, 2.75) is 13.0 Å². The molecule has 5 heteroatoms. The Hall–Kier alpha value is -2.69. The van der Waals surface area contributed by atoms with Crippen molar-refractivity contribution in [3.05, 3.63) is 65.5 Å². The van der Waals surface area contributed by atoms with Gasteiger partial charge in [-0.05, 0) is 6.07 Å². The largest absolute Gasteiger partial charge is 0.469 e. The maximum Gasteiger partial charge on any atom is 0.343 e. The summed E-state index contributed by atoms with van der Waals surface area (Å²) in [6, 6.07) is 11.5. The van der Waals surface area contributed by atoms with E-state index in [4.69, 9.17) is 4.74 Å². The summed E-state index contributed by atoms with van der Waals surface area (Å²) in [5.41, 5.74) is 2.20. The molecular formula is C17H18NO4+. The summed E-state index contributed by atoms with van der Waals surface area (Å²) in [5, 5.41) is 0. The molecule has 1 heterocycles. The van der Waals surface area contributed by atoms with Gasteiger partial charge in [-0.15, -0.1) is 0 Å². The lowest BCUT2D eigenvalue weighted by Gasteiger charge is -2.04. The molecule has 2 aromatic rings. The summed E-state index contributed by atoms with van der Waals surface area (Å²) in [6.07, 6.45) is 3.64. The molecule has 1 aromatic heterocycles. The molecule has 0 saturated heterocycles. The molecule has 0 saturated carbocycles. The first kappa shape index (κ1) is 15.7. The molecule has 0 unspecified atom stereocenters. The Kier molecular flexibility index (Phi) is 5.25. The van der Waals surface area contributed by atoms with Crippen LogP contribution in [0.25, 0.3) is 0 Å². The lowest BCUT2D eigenvalue weighted by molar-refractivity contribution is -0.688. The molecule has 0 fully saturated rings. The minimum Gasteiger partial charge on any atom is -0.469 e. The topological polar surface area (TPSA) is 56.5 Å². The molecular weight excluding hydrogens is 282 g/mol. The van der Waals surface area contributed by atoms with E-state index in [0.29, 0.717) is 17.7 Å². The number of benzene rings is 1. The summed E-state index contributed by atoms with van der Waals surface area (Å²) in [7, 11) is 2.67. The van der Waals surface area contributed by atoms with E-state index >= 15 is 0 Å². The normalized spacial score (nSPS) is 10.1. The van der Waals surface area contributed by atoms with Crippen LogP contribution in [0.2, 0.25) is 0 Å². The predicted molar refractivity (Wildman–Crippen MR) is 79.2 cm³/mol. The first-order valence-electron chi connectivity index (χ1n) is 6.84. The number of methoxy groups -OCH3 is 2. The van der Waals surface area contributed by atoms with Crippen LogP contribution in [0.5, 0.6) is 0 Å². The zero-order chi connectivity index (χ0) is 15.9. The van der Waals surface area contributed by atoms with E-state index in [2.05, 4.69) is 4.74 Å². The van der Waals surface area contributed by atoms with Crippen molar-refractivity contribution in [3.8, 4) is 0 Å². The third kappa shape index (κ3) is 4.15. The van der Waals surface area contributed by atoms with E-state index in [9.17, 15) is 9.59 Å². The van der Waals surface area contributed by atoms with Crippen molar-refractivity contribution in [2.24, 2.45) is 0 Å². The zero-order valence-corrected chi connectivity index (χ0v) is 12.6. The van der Waals surface area contributed by atoms with Crippen LogP contribution in [-0.2, 0) is 27.2 Å². The number of ether oxygens (including phenoxy) is 2. The second-order valence-corrected chi connectivity index (χ2v) is 4.84. The Labute approximate surface area is 129 Å². The molecule has 2 rings (SSSR count). The van der Waals surface area contributed by atoms with E-state index < -0.39 is 5.97 Å². The van der Waals surface area contributed by atoms with Crippen LogP contribution in [-0.4, -0.2) is 26.2 Å². The molecule has 0 amide bonds. The van der Waals surface area contributed by atoms with Crippen LogP contribution in [0, 0.1) is 0 Å². The molecule has 5 nitrogen and oxygen atoms in total. The Morgan fingerprint density at radius 1 is 1.00 bits per heavy atom. The fraction of sp³-hybridized carbons (Fsp3) is 0.235. The van der Waals surface area contributed by atoms with E-state index in [1.807, 2.05) is 41.1 Å². The molecule has 0 radical (unpaired) electrons. The van der Waals surface area contributed by atoms with Crippen LogP contribution < -0.4 is 4.57 Å². The summed E-state index contributed by atoms with van der Waals surface area (Å²) >= 11 is 0. The molecule has 0 aliphatic carbocycles. The van der Waals surface area contributed by atoms with Gasteiger partial charge in [0.05, 0.1) is 20.6 Å². The molecule has 0 aliphatic rings. The number of rotatable bonds is 5. The van der Waals surface area contributed by atoms with Gasteiger partial charge in [0.15, 0.2) is 18.9 Å². The van der Waals surface area contributed by atoms with Gasteiger partial charge in [-0.2, -0.15) is 4.57 Å². The summed E-state index contributed by atoms with van der Waals surface area (Å²) in [4.78, 5) is 23.2. The highest BCUT2D eigenvalue weighted by Gasteiger charge is 2.16. The summed E-state index contributed by atoms with van der Waals surface area (Å²) < 4.78 is 11.3. The molecule has 0 bridgehead atoms. The van der Waals surface area contributed by atoms with Crippen molar-refractivity contribution in [2.75, 3.05) is 14.2 Å². The lowest BCUT2D eigenvalue weighted by Crippen LogP contribution is -2.35. The van der Waals surface area contributed by atoms with Gasteiger partial charge in [-0.3, -0.25) is 4.79 Å². The van der Waals surface area contributed by atoms with Gasteiger partial charge in [0.25, 0.3) is 0 Å². The van der Waals surface area contributed by atoms with Crippen LogP contribution in [0.3, 0.4) is 0 Å². The van der Waals surface area contributed by atoms with E-state index in [1.54, 1.807) is 12.3 Å². The van der Waals surface area contributed by atoms with Crippen LogP contribution in [0.4, 0.5) is 0 Å². The second-order valence-electron chi connectivity index (χ2n) is 4.84. The SMILES string of the molecule is COC(=O)Cc1cc(C(=O)OC)c[n+](Cc2ccccc2)c1. The fourth-order valence-electron chi connectivity index (χ4n) is 2.15. The van der Waals surface area contributed by atoms with Gasteiger partial charge in [0.2, 0.25) is 0 Å². The van der Waals surface area contributed by atoms with Crippen molar-refractivity contribution >= 4 is 11.9 Å². The number of carbonyl (C=O) groups excluding carboxylic acids is 2. The lowest BCUT2D eigenvalue weighted by atomic mass is 10.1. The summed E-state index contributed by atoms with van der Waals surface area (Å²) in [5.74, 6) is -0.790. The summed E-state index contributed by atoms with van der Waals surface area (Å²) in [6.45, 7) is 0.597. The highest BCUT2D eigenvalue weighted by Crippen LogP contribution is 2.06. The third-order valence-corrected chi connectivity index (χ3v) is 3.18. The maximum atomic E-state index is 11.8. The van der Waals surface area contributed by atoms with Gasteiger partial charge < -0.3 is 9.47 Å². The number of hydrogen-bond acceptors (Lipinski definition) is 4. The Balaban J connectivity index is 2.33. The number of aromatic nitrogens is 1. The van der Waals surface area contributed by atoms with Crippen molar-refractivity contribution in [3.63, 3.8) is 0 Å². The van der Waals surface area contributed by atoms with Crippen LogP contribution >= 0.6 is 0 Å². The number of pyridine rings is 1. The Morgan fingerprint density at radius 3 is 2.36 bits per heavy atom. The molecule has 0 atom stereocenters. The maximum absolute atomic E-state index is 11.8. The smallest absolute Gasteiger partial charge is 0.343 e. The second kappa shape index (κ2) is 7.36. The predicted octanol–water partition coefficient (Wildman–Crippen LogP) is 1.52. The minimum atomic E-state index is -0.437. The first-order chi connectivity index (χ1) is 10.6. The van der Waals surface area contributed by atoms with Gasteiger partial charge in [0.1, 0.15) is 5.56 Å². The average molecular weight is 300 g/mol. The zero-order valence-electron chi connectivity index (χ0n) is 12.6.